The van der Waals surface area contributed by atoms with E-state index in [0.717, 1.165) is 5.82 Å². The number of nitrogens with one attached hydrogen (secondary N) is 1. The van der Waals surface area contributed by atoms with E-state index in [1.165, 1.54) is 0 Å². The summed E-state index contributed by atoms with van der Waals surface area (Å²) in [5, 5.41) is 15.8. The maximum absolute atomic E-state index is 11.6. The lowest BCUT2D eigenvalue weighted by molar-refractivity contribution is -0.131. The number of aromatic nitrogens is 3. The first-order valence-corrected chi connectivity index (χ1v) is 5.29. The number of carbonyl (C=O) groups is 1. The lowest BCUT2D eigenvalue weighted by atomic mass is 10.2. The molecule has 0 aliphatic rings. The first-order valence-electron chi connectivity index (χ1n) is 5.29. The lowest BCUT2D eigenvalue weighted by Crippen LogP contribution is -2.27. The molecule has 16 heavy (non-hydrogen) atoms. The van der Waals surface area contributed by atoms with E-state index in [-0.39, 0.29) is 5.91 Å². The molecule has 90 valence electrons. The van der Waals surface area contributed by atoms with Crippen molar-refractivity contribution in [3.8, 4) is 0 Å². The molecule has 1 atom stereocenters. The van der Waals surface area contributed by atoms with Crippen molar-refractivity contribution in [1.29, 1.82) is 0 Å². The lowest BCUT2D eigenvalue weighted by Gasteiger charge is -2.15. The number of aliphatic hydroxyl groups is 1. The van der Waals surface area contributed by atoms with Crippen LogP contribution in [-0.4, -0.2) is 44.2 Å². The zero-order chi connectivity index (χ0) is 12.1. The van der Waals surface area contributed by atoms with Gasteiger partial charge in [-0.05, 0) is 20.3 Å². The minimum Gasteiger partial charge on any atom is -0.393 e. The molecular formula is C10H18N4O2. The number of H-pyrrole nitrogens is 1. The summed E-state index contributed by atoms with van der Waals surface area (Å²) in [4.78, 5) is 17.3. The van der Waals surface area contributed by atoms with Gasteiger partial charge in [0.05, 0.1) is 12.6 Å². The van der Waals surface area contributed by atoms with Gasteiger partial charge in [0.1, 0.15) is 5.82 Å². The van der Waals surface area contributed by atoms with Crippen molar-refractivity contribution in [3.63, 3.8) is 0 Å². The Morgan fingerprint density at radius 3 is 2.81 bits per heavy atom. The van der Waals surface area contributed by atoms with E-state index < -0.39 is 6.10 Å². The Morgan fingerprint density at radius 2 is 2.31 bits per heavy atom. The highest BCUT2D eigenvalue weighted by Gasteiger charge is 2.12. The van der Waals surface area contributed by atoms with Gasteiger partial charge in [0.25, 0.3) is 0 Å². The van der Waals surface area contributed by atoms with E-state index in [1.807, 2.05) is 6.92 Å². The van der Waals surface area contributed by atoms with E-state index in [1.54, 1.807) is 18.9 Å². The Morgan fingerprint density at radius 1 is 1.62 bits per heavy atom. The number of nitrogens with zero attached hydrogens (tertiary/aromatic N) is 3. The van der Waals surface area contributed by atoms with Gasteiger partial charge in [0, 0.05) is 13.5 Å². The highest BCUT2D eigenvalue weighted by atomic mass is 16.3. The molecule has 0 aromatic carbocycles. The number of hydrogen-bond acceptors (Lipinski definition) is 4. The highest BCUT2D eigenvalue weighted by molar-refractivity contribution is 5.75. The molecular weight excluding hydrogens is 208 g/mol. The Labute approximate surface area is 94.7 Å². The third kappa shape index (κ3) is 3.98. The van der Waals surface area contributed by atoms with Gasteiger partial charge >= 0.3 is 0 Å². The quantitative estimate of drug-likeness (QED) is 0.753. The molecule has 0 fully saturated rings. The second kappa shape index (κ2) is 5.60. The number of hydrogen-bond donors (Lipinski definition) is 2. The highest BCUT2D eigenvalue weighted by Crippen LogP contribution is 2.03. The average Bonchev–Trinajstić information content (AvgIpc) is 2.60. The van der Waals surface area contributed by atoms with E-state index in [2.05, 4.69) is 15.2 Å². The summed E-state index contributed by atoms with van der Waals surface area (Å²) in [5.41, 5.74) is 0. The van der Waals surface area contributed by atoms with E-state index in [4.69, 9.17) is 5.11 Å². The van der Waals surface area contributed by atoms with Gasteiger partial charge in [-0.15, -0.1) is 0 Å². The summed E-state index contributed by atoms with van der Waals surface area (Å²) in [5.74, 6) is 1.33. The van der Waals surface area contributed by atoms with E-state index in [0.29, 0.717) is 25.2 Å². The van der Waals surface area contributed by atoms with Crippen LogP contribution in [0.1, 0.15) is 31.4 Å². The van der Waals surface area contributed by atoms with Gasteiger partial charge in [0.15, 0.2) is 5.82 Å². The minimum absolute atomic E-state index is 0.0108. The third-order valence-electron chi connectivity index (χ3n) is 2.22. The van der Waals surface area contributed by atoms with Crippen LogP contribution in [0.4, 0.5) is 0 Å². The molecule has 1 unspecified atom stereocenters. The number of amides is 1. The second-order valence-electron chi connectivity index (χ2n) is 3.97. The maximum Gasteiger partial charge on any atom is 0.222 e. The number of rotatable bonds is 5. The van der Waals surface area contributed by atoms with Gasteiger partial charge in [-0.3, -0.25) is 9.89 Å². The van der Waals surface area contributed by atoms with Crippen LogP contribution in [0.25, 0.3) is 0 Å². The zero-order valence-corrected chi connectivity index (χ0v) is 9.90. The Balaban J connectivity index is 2.39. The number of aromatic amines is 1. The van der Waals surface area contributed by atoms with Crippen LogP contribution >= 0.6 is 0 Å². The summed E-state index contributed by atoms with van der Waals surface area (Å²) < 4.78 is 0. The second-order valence-corrected chi connectivity index (χ2v) is 3.97. The van der Waals surface area contributed by atoms with Gasteiger partial charge < -0.3 is 10.0 Å². The molecule has 2 N–H and O–H groups in total. The molecule has 1 rings (SSSR count). The normalized spacial score (nSPS) is 12.5. The van der Waals surface area contributed by atoms with E-state index in [9.17, 15) is 4.79 Å². The standard InChI is InChI=1S/C10H18N4O2/c1-7(15)4-5-10(16)14(3)6-9-11-8(2)12-13-9/h7,15H,4-6H2,1-3H3,(H,11,12,13). The molecule has 0 spiro atoms. The minimum atomic E-state index is -0.442. The summed E-state index contributed by atoms with van der Waals surface area (Å²) >= 11 is 0. The Hall–Kier alpha value is -1.43. The van der Waals surface area contributed by atoms with Crippen molar-refractivity contribution < 1.29 is 9.90 Å². The van der Waals surface area contributed by atoms with Crippen LogP contribution in [0.5, 0.6) is 0 Å². The molecule has 0 aliphatic heterocycles. The summed E-state index contributed by atoms with van der Waals surface area (Å²) in [6.07, 6.45) is 0.386. The van der Waals surface area contributed by atoms with Crippen LogP contribution < -0.4 is 0 Å². The SMILES string of the molecule is Cc1nc(CN(C)C(=O)CCC(C)O)n[nH]1. The maximum atomic E-state index is 11.6. The fraction of sp³-hybridized carbons (Fsp3) is 0.700. The number of aryl methyl sites for hydroxylation is 1. The fourth-order valence-corrected chi connectivity index (χ4v) is 1.28. The smallest absolute Gasteiger partial charge is 0.222 e. The van der Waals surface area contributed by atoms with Crippen molar-refractivity contribution in [2.45, 2.75) is 39.3 Å². The molecule has 0 saturated heterocycles. The van der Waals surface area contributed by atoms with Crippen LogP contribution in [0, 0.1) is 6.92 Å². The van der Waals surface area contributed by atoms with E-state index >= 15 is 0 Å². The van der Waals surface area contributed by atoms with Gasteiger partial charge in [0.2, 0.25) is 5.91 Å². The first kappa shape index (κ1) is 12.6. The molecule has 1 heterocycles. The molecule has 0 bridgehead atoms. The van der Waals surface area contributed by atoms with Crippen molar-refractivity contribution >= 4 is 5.91 Å². The van der Waals surface area contributed by atoms with Crippen LogP contribution in [0.3, 0.4) is 0 Å². The van der Waals surface area contributed by atoms with Crippen LogP contribution in [0.15, 0.2) is 0 Å². The largest absolute Gasteiger partial charge is 0.393 e. The Bertz CT molecular complexity index is 348. The average molecular weight is 226 g/mol. The first-order chi connectivity index (χ1) is 7.49. The van der Waals surface area contributed by atoms with Crippen LogP contribution in [0.2, 0.25) is 0 Å². The summed E-state index contributed by atoms with van der Waals surface area (Å²) in [7, 11) is 1.70. The Kier molecular flexibility index (Phi) is 4.42. The summed E-state index contributed by atoms with van der Waals surface area (Å²) in [6.45, 7) is 3.88. The molecule has 0 radical (unpaired) electrons. The molecule has 6 heteroatoms. The topological polar surface area (TPSA) is 82.1 Å². The predicted molar refractivity (Wildman–Crippen MR) is 58.5 cm³/mol. The molecule has 1 aromatic rings. The van der Waals surface area contributed by atoms with Crippen molar-refractivity contribution in [1.82, 2.24) is 20.1 Å². The van der Waals surface area contributed by atoms with Crippen molar-refractivity contribution in [2.24, 2.45) is 0 Å². The monoisotopic (exact) mass is 226 g/mol. The third-order valence-corrected chi connectivity index (χ3v) is 2.22. The summed E-state index contributed by atoms with van der Waals surface area (Å²) in [6, 6.07) is 0. The zero-order valence-electron chi connectivity index (χ0n) is 9.90. The van der Waals surface area contributed by atoms with Gasteiger partial charge in [-0.1, -0.05) is 0 Å². The van der Waals surface area contributed by atoms with Crippen LogP contribution in [-0.2, 0) is 11.3 Å². The van der Waals surface area contributed by atoms with Gasteiger partial charge in [-0.2, -0.15) is 5.10 Å². The molecule has 6 nitrogen and oxygen atoms in total. The predicted octanol–water partition coefficient (Wildman–Crippen LogP) is 0.233. The molecule has 0 saturated carbocycles. The molecule has 1 aromatic heterocycles. The fourth-order valence-electron chi connectivity index (χ4n) is 1.28. The molecule has 1 amide bonds. The molecule has 0 aliphatic carbocycles. The number of carbonyl (C=O) groups excluding carboxylic acids is 1. The number of aliphatic hydroxyl groups excluding tert-OH is 1. The van der Waals surface area contributed by atoms with Crippen molar-refractivity contribution in [2.75, 3.05) is 7.05 Å². The van der Waals surface area contributed by atoms with Gasteiger partial charge in [-0.25, -0.2) is 4.98 Å². The van der Waals surface area contributed by atoms with Crippen molar-refractivity contribution in [3.05, 3.63) is 11.6 Å².